The van der Waals surface area contributed by atoms with Crippen LogP contribution in [0.15, 0.2) is 53.8 Å². The van der Waals surface area contributed by atoms with Gasteiger partial charge in [-0.25, -0.2) is 13.4 Å². The highest BCUT2D eigenvalue weighted by molar-refractivity contribution is 7.89. The second-order valence-corrected chi connectivity index (χ2v) is 11.3. The number of nitrogens with one attached hydrogen (secondary N) is 2. The molecule has 1 aromatic carbocycles. The van der Waals surface area contributed by atoms with Crippen LogP contribution in [0.5, 0.6) is 0 Å². The van der Waals surface area contributed by atoms with E-state index in [0.29, 0.717) is 17.8 Å². The Morgan fingerprint density at radius 3 is 2.86 bits per heavy atom. The Bertz CT molecular complexity index is 1380. The zero-order valence-corrected chi connectivity index (χ0v) is 22.0. The first-order chi connectivity index (χ1) is 16.7. The van der Waals surface area contributed by atoms with Crippen LogP contribution in [-0.4, -0.2) is 48.5 Å². The molecule has 1 fully saturated rings. The number of sulfonamides is 1. The smallest absolute Gasteiger partial charge is 0.321 e. The van der Waals surface area contributed by atoms with Crippen molar-refractivity contribution in [2.75, 3.05) is 13.6 Å². The summed E-state index contributed by atoms with van der Waals surface area (Å²) < 4.78 is 35.4. The Kier molecular flexibility index (Phi) is 7.68. The van der Waals surface area contributed by atoms with Crippen LogP contribution in [0, 0.1) is 0 Å². The molecule has 35 heavy (non-hydrogen) atoms. The molecule has 4 rings (SSSR count). The molecule has 2 unspecified atom stereocenters. The number of hydrogen-bond acceptors (Lipinski definition) is 6. The summed E-state index contributed by atoms with van der Waals surface area (Å²) >= 11 is 17.7. The number of nitrogens with zero attached hydrogens (tertiary/aromatic N) is 2. The third-order valence-electron chi connectivity index (χ3n) is 6.24. The van der Waals surface area contributed by atoms with Gasteiger partial charge in [0.15, 0.2) is 0 Å². The van der Waals surface area contributed by atoms with Crippen LogP contribution >= 0.6 is 35.4 Å². The number of carbonyl (C=O) groups excluding carboxylic acids is 1. The molecular formula is C23H24Cl2N4O4S2. The van der Waals surface area contributed by atoms with E-state index in [1.807, 2.05) is 28.9 Å². The Morgan fingerprint density at radius 1 is 1.29 bits per heavy atom. The maximum absolute atomic E-state index is 12.9. The van der Waals surface area contributed by atoms with Crippen molar-refractivity contribution in [3.63, 3.8) is 0 Å². The molecule has 0 spiro atoms. The van der Waals surface area contributed by atoms with Gasteiger partial charge in [-0.05, 0) is 49.1 Å². The van der Waals surface area contributed by atoms with E-state index in [0.717, 1.165) is 24.1 Å². The highest BCUT2D eigenvalue weighted by atomic mass is 35.5. The maximum atomic E-state index is 12.9. The fourth-order valence-corrected chi connectivity index (χ4v) is 6.62. The average Bonchev–Trinajstić information content (AvgIpc) is 3.32. The predicted octanol–water partition coefficient (Wildman–Crippen LogP) is 3.89. The normalized spacial score (nSPS) is 20.5. The van der Waals surface area contributed by atoms with Gasteiger partial charge in [0.25, 0.3) is 0 Å². The van der Waals surface area contributed by atoms with Crippen molar-refractivity contribution < 1.29 is 17.9 Å². The zero-order valence-electron chi connectivity index (χ0n) is 18.8. The summed E-state index contributed by atoms with van der Waals surface area (Å²) in [6.07, 6.45) is 7.93. The SMILES string of the molecule is CNC(=S)C1(c2ccc3nccn3c2)CCCCC1OC(=O)CNS(=O)(=O)c1cc(Cl)ccc1Cl. The standard InChI is InChI=1S/C23H24Cl2N4O4S2/c1-26-22(34)23(15-5-8-20-27-10-11-29(20)14-15)9-3-2-4-19(23)33-21(30)13-28-35(31,32)18-12-16(24)6-7-17(18)25/h5-8,10-12,14,19,28H,2-4,9,13H2,1H3,(H,26,34). The summed E-state index contributed by atoms with van der Waals surface area (Å²) in [5.74, 6) is -0.717. The summed E-state index contributed by atoms with van der Waals surface area (Å²) in [5.41, 5.74) is 0.926. The monoisotopic (exact) mass is 554 g/mol. The summed E-state index contributed by atoms with van der Waals surface area (Å²) in [7, 11) is -2.34. The minimum absolute atomic E-state index is 0.00386. The first-order valence-corrected chi connectivity index (χ1v) is 13.6. The molecule has 0 radical (unpaired) electrons. The molecular weight excluding hydrogens is 531 g/mol. The van der Waals surface area contributed by atoms with Crippen LogP contribution in [0.4, 0.5) is 0 Å². The van der Waals surface area contributed by atoms with Crippen LogP contribution in [0.1, 0.15) is 31.2 Å². The van der Waals surface area contributed by atoms with Gasteiger partial charge in [-0.15, -0.1) is 0 Å². The van der Waals surface area contributed by atoms with Gasteiger partial charge < -0.3 is 14.5 Å². The van der Waals surface area contributed by atoms with Crippen LogP contribution < -0.4 is 10.0 Å². The fraction of sp³-hybridized carbons (Fsp3) is 0.348. The van der Waals surface area contributed by atoms with Gasteiger partial charge in [0, 0.05) is 30.7 Å². The minimum atomic E-state index is -4.08. The zero-order chi connectivity index (χ0) is 25.2. The second kappa shape index (κ2) is 10.4. The third-order valence-corrected chi connectivity index (χ3v) is 8.92. The molecule has 3 aromatic rings. The summed E-state index contributed by atoms with van der Waals surface area (Å²) in [4.78, 5) is 17.5. The second-order valence-electron chi connectivity index (χ2n) is 8.28. The van der Waals surface area contributed by atoms with E-state index in [1.165, 1.54) is 18.2 Å². The number of imidazole rings is 1. The molecule has 2 atom stereocenters. The van der Waals surface area contributed by atoms with Gasteiger partial charge in [-0.1, -0.05) is 47.9 Å². The van der Waals surface area contributed by atoms with Gasteiger partial charge in [0.05, 0.1) is 15.4 Å². The molecule has 0 aliphatic heterocycles. The largest absolute Gasteiger partial charge is 0.460 e. The van der Waals surface area contributed by atoms with Crippen LogP contribution in [0.2, 0.25) is 10.0 Å². The van der Waals surface area contributed by atoms with Crippen LogP contribution in [-0.2, 0) is 25.0 Å². The number of esters is 1. The maximum Gasteiger partial charge on any atom is 0.321 e. The Hall–Kier alpha value is -2.24. The predicted molar refractivity (Wildman–Crippen MR) is 139 cm³/mol. The number of hydrogen-bond donors (Lipinski definition) is 2. The number of rotatable bonds is 7. The first-order valence-electron chi connectivity index (χ1n) is 11.0. The number of halogens is 2. The number of thiocarbonyl (C=S) groups is 1. The van der Waals surface area contributed by atoms with Crippen molar-refractivity contribution in [2.45, 2.75) is 42.1 Å². The lowest BCUT2D eigenvalue weighted by molar-refractivity contribution is -0.151. The minimum Gasteiger partial charge on any atom is -0.460 e. The molecule has 1 aliphatic rings. The fourth-order valence-electron chi connectivity index (χ4n) is 4.54. The van der Waals surface area contributed by atoms with Gasteiger partial charge in [-0.3, -0.25) is 4.79 Å². The van der Waals surface area contributed by atoms with E-state index in [1.54, 1.807) is 13.2 Å². The number of carbonyl (C=O) groups is 1. The number of ether oxygens (including phenoxy) is 1. The van der Waals surface area contributed by atoms with E-state index in [4.69, 9.17) is 40.2 Å². The topological polar surface area (TPSA) is 102 Å². The van der Waals surface area contributed by atoms with E-state index in [9.17, 15) is 13.2 Å². The highest BCUT2D eigenvalue weighted by Gasteiger charge is 2.48. The van der Waals surface area contributed by atoms with Gasteiger partial charge in [0.2, 0.25) is 10.0 Å². The van der Waals surface area contributed by atoms with Crippen molar-refractivity contribution in [3.8, 4) is 0 Å². The quantitative estimate of drug-likeness (QED) is 0.337. The number of aromatic nitrogens is 2. The Morgan fingerprint density at radius 2 is 2.09 bits per heavy atom. The van der Waals surface area contributed by atoms with E-state index in [-0.39, 0.29) is 14.9 Å². The molecule has 1 aliphatic carbocycles. The van der Waals surface area contributed by atoms with Gasteiger partial charge in [-0.2, -0.15) is 4.72 Å². The molecule has 1 saturated carbocycles. The summed E-state index contributed by atoms with van der Waals surface area (Å²) in [5, 5.41) is 3.29. The number of likely N-dealkylation sites (N-methyl/N-ethyl adjacent to an activating group) is 1. The lowest BCUT2D eigenvalue weighted by Crippen LogP contribution is -2.54. The van der Waals surface area contributed by atoms with Crippen molar-refractivity contribution in [3.05, 3.63) is 64.5 Å². The van der Waals surface area contributed by atoms with Crippen LogP contribution in [0.25, 0.3) is 5.65 Å². The lowest BCUT2D eigenvalue weighted by Gasteiger charge is -2.44. The first kappa shape index (κ1) is 25.8. The number of pyridine rings is 1. The van der Waals surface area contributed by atoms with E-state index >= 15 is 0 Å². The Labute approximate surface area is 219 Å². The molecule has 8 nitrogen and oxygen atoms in total. The summed E-state index contributed by atoms with van der Waals surface area (Å²) in [6.45, 7) is -0.565. The third kappa shape index (κ3) is 5.17. The molecule has 2 aromatic heterocycles. The van der Waals surface area contributed by atoms with Gasteiger partial charge in [0.1, 0.15) is 23.2 Å². The van der Waals surface area contributed by atoms with Crippen molar-refractivity contribution in [2.24, 2.45) is 0 Å². The van der Waals surface area contributed by atoms with Crippen molar-refractivity contribution in [1.82, 2.24) is 19.4 Å². The Balaban J connectivity index is 1.57. The van der Waals surface area contributed by atoms with E-state index in [2.05, 4.69) is 15.0 Å². The van der Waals surface area contributed by atoms with Crippen molar-refractivity contribution >= 4 is 62.0 Å². The molecule has 0 bridgehead atoms. The molecule has 0 amide bonds. The molecule has 2 heterocycles. The summed E-state index contributed by atoms with van der Waals surface area (Å²) in [6, 6.07) is 7.92. The highest BCUT2D eigenvalue weighted by Crippen LogP contribution is 2.42. The number of fused-ring (bicyclic) bond motifs is 1. The number of benzene rings is 1. The molecule has 186 valence electrons. The molecule has 2 N–H and O–H groups in total. The average molecular weight is 556 g/mol. The lowest BCUT2D eigenvalue weighted by atomic mass is 9.67. The molecule has 12 heteroatoms. The van der Waals surface area contributed by atoms with Crippen LogP contribution in [0.3, 0.4) is 0 Å². The van der Waals surface area contributed by atoms with Crippen molar-refractivity contribution in [1.29, 1.82) is 0 Å². The van der Waals surface area contributed by atoms with Gasteiger partial charge >= 0.3 is 5.97 Å². The molecule has 0 saturated heterocycles. The van der Waals surface area contributed by atoms with E-state index < -0.39 is 34.1 Å².